The molecule has 2 aromatic carbocycles. The van der Waals surface area contributed by atoms with Gasteiger partial charge in [-0.2, -0.15) is 0 Å². The summed E-state index contributed by atoms with van der Waals surface area (Å²) in [6.07, 6.45) is 1.80. The zero-order valence-corrected chi connectivity index (χ0v) is 12.1. The molecule has 0 saturated carbocycles. The maximum Gasteiger partial charge on any atom is 0.231 e. The molecular weight excluding hydrogens is 246 g/mol. The summed E-state index contributed by atoms with van der Waals surface area (Å²) in [6.45, 7) is 4.16. The third-order valence-electron chi connectivity index (χ3n) is 3.56. The molecule has 0 heterocycles. The maximum absolute atomic E-state index is 12.4. The van der Waals surface area contributed by atoms with E-state index in [0.29, 0.717) is 0 Å². The number of amides is 1. The normalized spacial score (nSPS) is 11.9. The molecule has 104 valence electrons. The second-order valence-corrected chi connectivity index (χ2v) is 4.91. The van der Waals surface area contributed by atoms with Crippen LogP contribution in [0.5, 0.6) is 0 Å². The zero-order chi connectivity index (χ0) is 14.4. The fourth-order valence-corrected chi connectivity index (χ4v) is 2.31. The molecule has 0 radical (unpaired) electrons. The van der Waals surface area contributed by atoms with Crippen LogP contribution in [-0.4, -0.2) is 5.91 Å². The summed E-state index contributed by atoms with van der Waals surface area (Å²) in [5.74, 6) is -0.0370. The van der Waals surface area contributed by atoms with Crippen LogP contribution in [-0.2, 0) is 11.2 Å². The first kappa shape index (κ1) is 14.3. The monoisotopic (exact) mass is 267 g/mol. The number of hydrogen-bond acceptors (Lipinski definition) is 1. The summed E-state index contributed by atoms with van der Waals surface area (Å²) in [5, 5.41) is 3.00. The molecule has 2 heteroatoms. The predicted molar refractivity (Wildman–Crippen MR) is 83.9 cm³/mol. The summed E-state index contributed by atoms with van der Waals surface area (Å²) in [6, 6.07) is 18.0. The number of anilines is 1. The Balaban J connectivity index is 2.09. The summed E-state index contributed by atoms with van der Waals surface area (Å²) in [4.78, 5) is 12.4. The Hall–Kier alpha value is -2.09. The van der Waals surface area contributed by atoms with Crippen molar-refractivity contribution in [3.8, 4) is 0 Å². The minimum absolute atomic E-state index is 0.0583. The number of carbonyl (C=O) groups is 1. The average Bonchev–Trinajstić information content (AvgIpc) is 2.50. The van der Waals surface area contributed by atoms with Gasteiger partial charge in [-0.15, -0.1) is 0 Å². The van der Waals surface area contributed by atoms with Gasteiger partial charge in [0.05, 0.1) is 5.92 Å². The van der Waals surface area contributed by atoms with E-state index in [1.807, 2.05) is 49.4 Å². The van der Waals surface area contributed by atoms with Gasteiger partial charge in [-0.05, 0) is 36.1 Å². The van der Waals surface area contributed by atoms with Crippen LogP contribution < -0.4 is 5.32 Å². The van der Waals surface area contributed by atoms with Gasteiger partial charge in [0.1, 0.15) is 0 Å². The molecule has 0 aliphatic heterocycles. The number of aryl methyl sites for hydroxylation is 1. The van der Waals surface area contributed by atoms with Crippen molar-refractivity contribution in [3.63, 3.8) is 0 Å². The van der Waals surface area contributed by atoms with Gasteiger partial charge in [-0.3, -0.25) is 4.79 Å². The third kappa shape index (κ3) is 3.47. The van der Waals surface area contributed by atoms with Crippen molar-refractivity contribution in [2.75, 3.05) is 5.32 Å². The van der Waals surface area contributed by atoms with Crippen LogP contribution in [0.4, 0.5) is 5.69 Å². The third-order valence-corrected chi connectivity index (χ3v) is 3.56. The van der Waals surface area contributed by atoms with E-state index in [1.54, 1.807) is 0 Å². The highest BCUT2D eigenvalue weighted by Crippen LogP contribution is 2.21. The fraction of sp³-hybridized carbons (Fsp3) is 0.278. The average molecular weight is 267 g/mol. The molecule has 20 heavy (non-hydrogen) atoms. The Morgan fingerprint density at radius 3 is 2.20 bits per heavy atom. The molecule has 0 aromatic heterocycles. The van der Waals surface area contributed by atoms with Gasteiger partial charge >= 0.3 is 0 Å². The van der Waals surface area contributed by atoms with E-state index in [-0.39, 0.29) is 11.8 Å². The SMILES string of the molecule is CCc1ccc(NC(=O)[C@@H](CC)c2ccccc2)cc1. The Bertz CT molecular complexity index is 545. The smallest absolute Gasteiger partial charge is 0.231 e. The van der Waals surface area contributed by atoms with Crippen LogP contribution in [0.1, 0.15) is 37.3 Å². The molecule has 1 N–H and O–H groups in total. The second-order valence-electron chi connectivity index (χ2n) is 4.91. The first-order chi connectivity index (χ1) is 9.74. The molecule has 1 atom stereocenters. The number of nitrogens with one attached hydrogen (secondary N) is 1. The minimum atomic E-state index is -0.0953. The van der Waals surface area contributed by atoms with Crippen LogP contribution in [0.3, 0.4) is 0 Å². The first-order valence-corrected chi connectivity index (χ1v) is 7.19. The van der Waals surface area contributed by atoms with Crippen molar-refractivity contribution in [2.24, 2.45) is 0 Å². The topological polar surface area (TPSA) is 29.1 Å². The molecule has 0 aliphatic rings. The lowest BCUT2D eigenvalue weighted by Gasteiger charge is -2.15. The minimum Gasteiger partial charge on any atom is -0.326 e. The van der Waals surface area contributed by atoms with Crippen molar-refractivity contribution < 1.29 is 4.79 Å². The van der Waals surface area contributed by atoms with Crippen molar-refractivity contribution in [2.45, 2.75) is 32.6 Å². The van der Waals surface area contributed by atoms with E-state index >= 15 is 0 Å². The quantitative estimate of drug-likeness (QED) is 0.855. The molecule has 2 aromatic rings. The number of carbonyl (C=O) groups excluding carboxylic acids is 1. The van der Waals surface area contributed by atoms with E-state index < -0.39 is 0 Å². The lowest BCUT2D eigenvalue weighted by Crippen LogP contribution is -2.20. The van der Waals surface area contributed by atoms with Gasteiger partial charge in [0.25, 0.3) is 0 Å². The van der Waals surface area contributed by atoms with Gasteiger partial charge < -0.3 is 5.32 Å². The van der Waals surface area contributed by atoms with Crippen LogP contribution in [0.2, 0.25) is 0 Å². The highest BCUT2D eigenvalue weighted by atomic mass is 16.1. The lowest BCUT2D eigenvalue weighted by atomic mass is 9.95. The predicted octanol–water partition coefficient (Wildman–Crippen LogP) is 4.38. The van der Waals surface area contributed by atoms with Crippen LogP contribution in [0, 0.1) is 0 Å². The highest BCUT2D eigenvalue weighted by molar-refractivity contribution is 5.95. The Labute approximate surface area is 120 Å². The summed E-state index contributed by atoms with van der Waals surface area (Å²) in [7, 11) is 0. The molecule has 2 nitrogen and oxygen atoms in total. The molecule has 0 spiro atoms. The summed E-state index contributed by atoms with van der Waals surface area (Å²) < 4.78 is 0. The Kier molecular flexibility index (Phi) is 4.94. The van der Waals surface area contributed by atoms with Crippen LogP contribution >= 0.6 is 0 Å². The largest absolute Gasteiger partial charge is 0.326 e. The van der Waals surface area contributed by atoms with Crippen molar-refractivity contribution in [1.29, 1.82) is 0 Å². The number of benzene rings is 2. The molecule has 0 fully saturated rings. The van der Waals surface area contributed by atoms with Gasteiger partial charge in [0.15, 0.2) is 0 Å². The molecule has 0 bridgehead atoms. The van der Waals surface area contributed by atoms with Crippen LogP contribution in [0.25, 0.3) is 0 Å². The molecule has 0 unspecified atom stereocenters. The summed E-state index contributed by atoms with van der Waals surface area (Å²) >= 11 is 0. The zero-order valence-electron chi connectivity index (χ0n) is 12.1. The first-order valence-electron chi connectivity index (χ1n) is 7.19. The van der Waals surface area contributed by atoms with Gasteiger partial charge in [0, 0.05) is 5.69 Å². The molecule has 1 amide bonds. The number of rotatable bonds is 5. The Morgan fingerprint density at radius 2 is 1.65 bits per heavy atom. The van der Waals surface area contributed by atoms with E-state index in [9.17, 15) is 4.79 Å². The molecule has 2 rings (SSSR count). The van der Waals surface area contributed by atoms with Crippen LogP contribution in [0.15, 0.2) is 54.6 Å². The second kappa shape index (κ2) is 6.90. The lowest BCUT2D eigenvalue weighted by molar-refractivity contribution is -0.117. The molecular formula is C18H21NO. The van der Waals surface area contributed by atoms with E-state index in [1.165, 1.54) is 5.56 Å². The van der Waals surface area contributed by atoms with E-state index in [4.69, 9.17) is 0 Å². The maximum atomic E-state index is 12.4. The number of hydrogen-bond donors (Lipinski definition) is 1. The Morgan fingerprint density at radius 1 is 1.00 bits per heavy atom. The van der Waals surface area contributed by atoms with Gasteiger partial charge in [-0.25, -0.2) is 0 Å². The van der Waals surface area contributed by atoms with E-state index in [2.05, 4.69) is 24.4 Å². The standard InChI is InChI=1S/C18H21NO/c1-3-14-10-12-16(13-11-14)19-18(20)17(4-2)15-8-6-5-7-9-15/h5-13,17H,3-4H2,1-2H3,(H,19,20)/t17-/m0/s1. The van der Waals surface area contributed by atoms with Crippen molar-refractivity contribution in [3.05, 3.63) is 65.7 Å². The summed E-state index contributed by atoms with van der Waals surface area (Å²) in [5.41, 5.74) is 3.21. The van der Waals surface area contributed by atoms with Crippen molar-refractivity contribution >= 4 is 11.6 Å². The van der Waals surface area contributed by atoms with Gasteiger partial charge in [-0.1, -0.05) is 56.3 Å². The van der Waals surface area contributed by atoms with Crippen molar-refractivity contribution in [1.82, 2.24) is 0 Å². The van der Waals surface area contributed by atoms with E-state index in [0.717, 1.165) is 24.1 Å². The molecule has 0 aliphatic carbocycles. The molecule has 0 saturated heterocycles. The fourth-order valence-electron chi connectivity index (χ4n) is 2.31. The highest BCUT2D eigenvalue weighted by Gasteiger charge is 2.18. The van der Waals surface area contributed by atoms with Gasteiger partial charge in [0.2, 0.25) is 5.91 Å².